The van der Waals surface area contributed by atoms with Crippen LogP contribution in [-0.4, -0.2) is 33.4 Å². The number of ether oxygens (including phenoxy) is 2. The molecule has 7 nitrogen and oxygen atoms in total. The van der Waals surface area contributed by atoms with Crippen LogP contribution in [0.2, 0.25) is 0 Å². The zero-order chi connectivity index (χ0) is 14.6. The smallest absolute Gasteiger partial charge is 0.231 e. The van der Waals surface area contributed by atoms with E-state index in [1.165, 1.54) is 6.92 Å². The molecule has 1 aromatic rings. The van der Waals surface area contributed by atoms with Gasteiger partial charge in [0.1, 0.15) is 0 Å². The standard InChI is InChI=1S/C12H16N2O5S/c1-2-20(16,17)13-6-5-12(15)14-9-3-4-10-11(7-9)19-8-18-10/h3-4,7,13H,2,5-6,8H2,1H3,(H,14,15). The number of hydrogen-bond donors (Lipinski definition) is 2. The van der Waals surface area contributed by atoms with Gasteiger partial charge in [-0.05, 0) is 19.1 Å². The summed E-state index contributed by atoms with van der Waals surface area (Å²) in [7, 11) is -3.26. The lowest BCUT2D eigenvalue weighted by molar-refractivity contribution is -0.116. The molecule has 0 radical (unpaired) electrons. The number of anilines is 1. The van der Waals surface area contributed by atoms with E-state index in [1.807, 2.05) is 0 Å². The molecular formula is C12H16N2O5S. The second-order valence-electron chi connectivity index (χ2n) is 4.16. The number of amides is 1. The van der Waals surface area contributed by atoms with Crippen LogP contribution in [0.5, 0.6) is 11.5 Å². The van der Waals surface area contributed by atoms with Gasteiger partial charge in [-0.15, -0.1) is 0 Å². The van der Waals surface area contributed by atoms with Gasteiger partial charge in [0.25, 0.3) is 0 Å². The Morgan fingerprint density at radius 3 is 2.80 bits per heavy atom. The number of carbonyl (C=O) groups is 1. The molecule has 0 unspecified atom stereocenters. The maximum atomic E-state index is 11.7. The minimum atomic E-state index is -3.26. The van der Waals surface area contributed by atoms with Crippen LogP contribution in [0.3, 0.4) is 0 Å². The molecule has 1 aliphatic rings. The fraction of sp³-hybridized carbons (Fsp3) is 0.417. The van der Waals surface area contributed by atoms with Gasteiger partial charge in [-0.1, -0.05) is 0 Å². The van der Waals surface area contributed by atoms with Gasteiger partial charge >= 0.3 is 0 Å². The first-order chi connectivity index (χ1) is 9.50. The first-order valence-corrected chi connectivity index (χ1v) is 7.82. The molecule has 1 aliphatic heterocycles. The molecule has 0 saturated carbocycles. The summed E-state index contributed by atoms with van der Waals surface area (Å²) < 4.78 is 35.1. The average Bonchev–Trinajstić information content (AvgIpc) is 2.86. The zero-order valence-corrected chi connectivity index (χ0v) is 11.8. The highest BCUT2D eigenvalue weighted by Crippen LogP contribution is 2.34. The van der Waals surface area contributed by atoms with Gasteiger partial charge < -0.3 is 14.8 Å². The van der Waals surface area contributed by atoms with Crippen LogP contribution in [0.15, 0.2) is 18.2 Å². The molecule has 0 fully saturated rings. The highest BCUT2D eigenvalue weighted by Gasteiger charge is 2.14. The summed E-state index contributed by atoms with van der Waals surface area (Å²) in [6.45, 7) is 1.78. The van der Waals surface area contributed by atoms with E-state index in [2.05, 4.69) is 10.0 Å². The summed E-state index contributed by atoms with van der Waals surface area (Å²) >= 11 is 0. The first kappa shape index (κ1) is 14.6. The van der Waals surface area contributed by atoms with Crippen LogP contribution in [0.1, 0.15) is 13.3 Å². The van der Waals surface area contributed by atoms with Crippen molar-refractivity contribution in [2.24, 2.45) is 0 Å². The maximum Gasteiger partial charge on any atom is 0.231 e. The Balaban J connectivity index is 1.83. The van der Waals surface area contributed by atoms with Crippen LogP contribution in [-0.2, 0) is 14.8 Å². The summed E-state index contributed by atoms with van der Waals surface area (Å²) in [4.78, 5) is 11.7. The Labute approximate surface area is 117 Å². The van der Waals surface area contributed by atoms with Crippen molar-refractivity contribution in [3.63, 3.8) is 0 Å². The summed E-state index contributed by atoms with van der Waals surface area (Å²) in [5.41, 5.74) is 0.581. The predicted octanol–water partition coefficient (Wildman–Crippen LogP) is 0.683. The van der Waals surface area contributed by atoms with Crippen LogP contribution >= 0.6 is 0 Å². The van der Waals surface area contributed by atoms with Crippen molar-refractivity contribution in [1.29, 1.82) is 0 Å². The van der Waals surface area contributed by atoms with Crippen molar-refractivity contribution >= 4 is 21.6 Å². The SMILES string of the molecule is CCS(=O)(=O)NCCC(=O)Nc1ccc2c(c1)OCO2. The van der Waals surface area contributed by atoms with Gasteiger partial charge in [0.2, 0.25) is 22.7 Å². The third kappa shape index (κ3) is 3.84. The van der Waals surface area contributed by atoms with Crippen molar-refractivity contribution in [3.05, 3.63) is 18.2 Å². The summed E-state index contributed by atoms with van der Waals surface area (Å²) in [6.07, 6.45) is 0.0632. The molecule has 1 amide bonds. The Kier molecular flexibility index (Phi) is 4.46. The van der Waals surface area contributed by atoms with Crippen molar-refractivity contribution in [1.82, 2.24) is 4.72 Å². The van der Waals surface area contributed by atoms with Crippen molar-refractivity contribution < 1.29 is 22.7 Å². The highest BCUT2D eigenvalue weighted by molar-refractivity contribution is 7.89. The lowest BCUT2D eigenvalue weighted by Crippen LogP contribution is -2.28. The third-order valence-electron chi connectivity index (χ3n) is 2.71. The summed E-state index contributed by atoms with van der Waals surface area (Å²) in [5.74, 6) is 0.937. The Morgan fingerprint density at radius 2 is 2.05 bits per heavy atom. The monoisotopic (exact) mass is 300 g/mol. The zero-order valence-electron chi connectivity index (χ0n) is 11.0. The number of carbonyl (C=O) groups excluding carboxylic acids is 1. The van der Waals surface area contributed by atoms with Gasteiger partial charge in [-0.2, -0.15) is 0 Å². The van der Waals surface area contributed by atoms with E-state index in [1.54, 1.807) is 18.2 Å². The van der Waals surface area contributed by atoms with Gasteiger partial charge in [0.05, 0.1) is 5.75 Å². The maximum absolute atomic E-state index is 11.7. The number of benzene rings is 1. The van der Waals surface area contributed by atoms with E-state index in [0.29, 0.717) is 17.2 Å². The van der Waals surface area contributed by atoms with Crippen LogP contribution < -0.4 is 19.5 Å². The minimum Gasteiger partial charge on any atom is -0.454 e. The van der Waals surface area contributed by atoms with E-state index >= 15 is 0 Å². The fourth-order valence-corrected chi connectivity index (χ4v) is 2.24. The van der Waals surface area contributed by atoms with Gasteiger partial charge in [0, 0.05) is 24.7 Å². The molecule has 2 N–H and O–H groups in total. The fourth-order valence-electron chi connectivity index (χ4n) is 1.62. The molecule has 1 heterocycles. The second kappa shape index (κ2) is 6.10. The number of fused-ring (bicyclic) bond motifs is 1. The Morgan fingerprint density at radius 1 is 1.30 bits per heavy atom. The summed E-state index contributed by atoms with van der Waals surface area (Å²) in [5, 5.41) is 2.67. The number of nitrogens with one attached hydrogen (secondary N) is 2. The molecule has 0 aliphatic carbocycles. The molecule has 0 aromatic heterocycles. The molecule has 0 atom stereocenters. The molecular weight excluding hydrogens is 284 g/mol. The number of rotatable bonds is 6. The molecule has 0 spiro atoms. The van der Waals surface area contributed by atoms with Crippen molar-refractivity contribution in [2.45, 2.75) is 13.3 Å². The molecule has 8 heteroatoms. The van der Waals surface area contributed by atoms with E-state index in [9.17, 15) is 13.2 Å². The molecule has 20 heavy (non-hydrogen) atoms. The van der Waals surface area contributed by atoms with Crippen LogP contribution in [0, 0.1) is 0 Å². The minimum absolute atomic E-state index is 0.00319. The first-order valence-electron chi connectivity index (χ1n) is 6.17. The molecule has 2 rings (SSSR count). The molecule has 0 bridgehead atoms. The lowest BCUT2D eigenvalue weighted by Gasteiger charge is -2.07. The predicted molar refractivity (Wildman–Crippen MR) is 73.3 cm³/mol. The average molecular weight is 300 g/mol. The lowest BCUT2D eigenvalue weighted by atomic mass is 10.2. The Bertz CT molecular complexity index is 600. The van der Waals surface area contributed by atoms with Gasteiger partial charge in [-0.25, -0.2) is 13.1 Å². The largest absolute Gasteiger partial charge is 0.454 e. The molecule has 1 aromatic carbocycles. The normalized spacial score (nSPS) is 13.2. The van der Waals surface area contributed by atoms with Gasteiger partial charge in [0.15, 0.2) is 11.5 Å². The van der Waals surface area contributed by atoms with E-state index < -0.39 is 10.0 Å². The van der Waals surface area contributed by atoms with E-state index in [4.69, 9.17) is 9.47 Å². The van der Waals surface area contributed by atoms with Gasteiger partial charge in [-0.3, -0.25) is 4.79 Å². The number of hydrogen-bond acceptors (Lipinski definition) is 5. The van der Waals surface area contributed by atoms with Crippen LogP contribution in [0.4, 0.5) is 5.69 Å². The number of sulfonamides is 1. The molecule has 0 saturated heterocycles. The quantitative estimate of drug-likeness (QED) is 0.806. The van der Waals surface area contributed by atoms with E-state index in [0.717, 1.165) is 0 Å². The highest BCUT2D eigenvalue weighted by atomic mass is 32.2. The van der Waals surface area contributed by atoms with Crippen molar-refractivity contribution in [2.75, 3.05) is 24.4 Å². The molecule has 110 valence electrons. The summed E-state index contributed by atoms with van der Waals surface area (Å²) in [6, 6.07) is 5.07. The van der Waals surface area contributed by atoms with Crippen molar-refractivity contribution in [3.8, 4) is 11.5 Å². The van der Waals surface area contributed by atoms with Crippen LogP contribution in [0.25, 0.3) is 0 Å². The topological polar surface area (TPSA) is 93.7 Å². The van der Waals surface area contributed by atoms with E-state index in [-0.39, 0.29) is 31.4 Å². The second-order valence-corrected chi connectivity index (χ2v) is 6.26. The third-order valence-corrected chi connectivity index (χ3v) is 4.11. The Hall–Kier alpha value is -1.80.